The summed E-state index contributed by atoms with van der Waals surface area (Å²) in [6, 6.07) is 2.86. The molecule has 1 aromatic rings. The van der Waals surface area contributed by atoms with Gasteiger partial charge in [0.2, 0.25) is 5.91 Å². The number of benzene rings is 1. The van der Waals surface area contributed by atoms with Crippen LogP contribution in [0.15, 0.2) is 12.1 Å². The van der Waals surface area contributed by atoms with E-state index in [1.54, 1.807) is 17.0 Å². The summed E-state index contributed by atoms with van der Waals surface area (Å²) in [5.74, 6) is 0.535. The number of hydrogen-bond acceptors (Lipinski definition) is 6. The molecule has 0 aromatic heterocycles. The molecule has 1 fully saturated rings. The quantitative estimate of drug-likeness (QED) is 0.717. The number of likely N-dealkylation sites (tertiary alicyclic amines) is 1. The molecule has 0 unspecified atom stereocenters. The van der Waals surface area contributed by atoms with Gasteiger partial charge in [-0.2, -0.15) is 0 Å². The van der Waals surface area contributed by atoms with Crippen molar-refractivity contribution < 1.29 is 28.9 Å². The van der Waals surface area contributed by atoms with Crippen molar-refractivity contribution in [2.45, 2.75) is 25.4 Å². The van der Waals surface area contributed by atoms with E-state index in [2.05, 4.69) is 5.32 Å². The van der Waals surface area contributed by atoms with E-state index in [1.165, 1.54) is 21.3 Å². The SMILES string of the molecule is COc1cc(OC)c(OC)cc1CNC(=O)CN1CCC[C@H]1C(=O)O. The molecule has 1 heterocycles. The van der Waals surface area contributed by atoms with Crippen molar-refractivity contribution >= 4 is 11.9 Å². The van der Waals surface area contributed by atoms with Crippen molar-refractivity contribution in [2.24, 2.45) is 0 Å². The van der Waals surface area contributed by atoms with Crippen LogP contribution in [0, 0.1) is 0 Å². The smallest absolute Gasteiger partial charge is 0.320 e. The summed E-state index contributed by atoms with van der Waals surface area (Å²) in [6.07, 6.45) is 1.36. The zero-order valence-electron chi connectivity index (χ0n) is 14.7. The number of rotatable bonds is 8. The first-order chi connectivity index (χ1) is 12.0. The van der Waals surface area contributed by atoms with Crippen LogP contribution in [-0.2, 0) is 16.1 Å². The number of carboxylic acid groups (broad SMARTS) is 1. The Hall–Kier alpha value is -2.48. The molecular formula is C17H24N2O6. The molecule has 0 aliphatic carbocycles. The molecule has 1 aromatic carbocycles. The second kappa shape index (κ2) is 8.57. The first-order valence-electron chi connectivity index (χ1n) is 8.02. The normalized spacial score (nSPS) is 17.2. The molecule has 8 heteroatoms. The van der Waals surface area contributed by atoms with Gasteiger partial charge in [0.15, 0.2) is 11.5 Å². The van der Waals surface area contributed by atoms with Crippen LogP contribution in [0.2, 0.25) is 0 Å². The van der Waals surface area contributed by atoms with Gasteiger partial charge < -0.3 is 24.6 Å². The molecule has 1 atom stereocenters. The largest absolute Gasteiger partial charge is 0.496 e. The zero-order chi connectivity index (χ0) is 18.4. The van der Waals surface area contributed by atoms with E-state index in [0.29, 0.717) is 30.2 Å². The minimum absolute atomic E-state index is 0.0621. The lowest BCUT2D eigenvalue weighted by molar-refractivity contribution is -0.142. The van der Waals surface area contributed by atoms with Crippen molar-refractivity contribution in [1.29, 1.82) is 0 Å². The van der Waals surface area contributed by atoms with Crippen LogP contribution in [0.1, 0.15) is 18.4 Å². The lowest BCUT2D eigenvalue weighted by Gasteiger charge is -2.20. The molecule has 0 bridgehead atoms. The van der Waals surface area contributed by atoms with Crippen LogP contribution >= 0.6 is 0 Å². The van der Waals surface area contributed by atoms with Gasteiger partial charge in [-0.3, -0.25) is 14.5 Å². The average Bonchev–Trinajstić information content (AvgIpc) is 3.07. The van der Waals surface area contributed by atoms with Crippen LogP contribution in [-0.4, -0.2) is 62.3 Å². The van der Waals surface area contributed by atoms with Crippen molar-refractivity contribution in [1.82, 2.24) is 10.2 Å². The summed E-state index contributed by atoms with van der Waals surface area (Å²) in [5.41, 5.74) is 0.740. The van der Waals surface area contributed by atoms with Gasteiger partial charge in [0.25, 0.3) is 0 Å². The Labute approximate surface area is 146 Å². The van der Waals surface area contributed by atoms with Crippen molar-refractivity contribution in [2.75, 3.05) is 34.4 Å². The first kappa shape index (κ1) is 18.9. The molecule has 2 rings (SSSR count). The number of carboxylic acids is 1. The number of ether oxygens (including phenoxy) is 3. The highest BCUT2D eigenvalue weighted by Gasteiger charge is 2.31. The van der Waals surface area contributed by atoms with Gasteiger partial charge in [-0.15, -0.1) is 0 Å². The van der Waals surface area contributed by atoms with E-state index in [-0.39, 0.29) is 19.0 Å². The third-order valence-electron chi connectivity index (χ3n) is 4.26. The molecule has 138 valence electrons. The van der Waals surface area contributed by atoms with Gasteiger partial charge in [0, 0.05) is 18.2 Å². The standard InChI is InChI=1S/C17H24N2O6/c1-23-13-8-15(25-3)14(24-2)7-11(13)9-18-16(20)10-19-6-4-5-12(19)17(21)22/h7-8,12H,4-6,9-10H2,1-3H3,(H,18,20)(H,21,22)/t12-/m0/s1. The Morgan fingerprint density at radius 3 is 2.40 bits per heavy atom. The minimum Gasteiger partial charge on any atom is -0.496 e. The first-order valence-corrected chi connectivity index (χ1v) is 8.02. The number of methoxy groups -OCH3 is 3. The fourth-order valence-corrected chi connectivity index (χ4v) is 2.96. The molecule has 0 saturated carbocycles. The summed E-state index contributed by atoms with van der Waals surface area (Å²) in [7, 11) is 4.61. The van der Waals surface area contributed by atoms with E-state index in [0.717, 1.165) is 12.0 Å². The van der Waals surface area contributed by atoms with Gasteiger partial charge in [0.05, 0.1) is 27.9 Å². The average molecular weight is 352 g/mol. The molecular weight excluding hydrogens is 328 g/mol. The van der Waals surface area contributed by atoms with Gasteiger partial charge in [-0.05, 0) is 25.5 Å². The number of carbonyl (C=O) groups is 2. The monoisotopic (exact) mass is 352 g/mol. The zero-order valence-corrected chi connectivity index (χ0v) is 14.7. The second-order valence-electron chi connectivity index (χ2n) is 5.76. The summed E-state index contributed by atoms with van der Waals surface area (Å²) in [4.78, 5) is 25.0. The summed E-state index contributed by atoms with van der Waals surface area (Å²) in [5, 5.41) is 12.0. The molecule has 0 radical (unpaired) electrons. The Bertz CT molecular complexity index is 634. The number of nitrogens with zero attached hydrogens (tertiary/aromatic N) is 1. The predicted molar refractivity (Wildman–Crippen MR) is 90.2 cm³/mol. The van der Waals surface area contributed by atoms with E-state index in [9.17, 15) is 9.59 Å². The van der Waals surface area contributed by atoms with Crippen molar-refractivity contribution in [3.8, 4) is 17.2 Å². The Morgan fingerprint density at radius 1 is 1.16 bits per heavy atom. The maximum atomic E-state index is 12.2. The highest BCUT2D eigenvalue weighted by molar-refractivity contribution is 5.80. The minimum atomic E-state index is -0.883. The van der Waals surface area contributed by atoms with Crippen LogP contribution in [0.5, 0.6) is 17.2 Å². The van der Waals surface area contributed by atoms with Crippen LogP contribution < -0.4 is 19.5 Å². The lowest BCUT2D eigenvalue weighted by atomic mass is 10.1. The van der Waals surface area contributed by atoms with E-state index < -0.39 is 12.0 Å². The molecule has 1 aliphatic heterocycles. The van der Waals surface area contributed by atoms with E-state index in [4.69, 9.17) is 19.3 Å². The number of hydrogen-bond donors (Lipinski definition) is 2. The number of nitrogens with one attached hydrogen (secondary N) is 1. The summed E-state index contributed by atoms with van der Waals surface area (Å²) < 4.78 is 15.8. The third-order valence-corrected chi connectivity index (χ3v) is 4.26. The topological polar surface area (TPSA) is 97.3 Å². The number of carbonyl (C=O) groups excluding carboxylic acids is 1. The van der Waals surface area contributed by atoms with Crippen molar-refractivity contribution in [3.63, 3.8) is 0 Å². The van der Waals surface area contributed by atoms with Gasteiger partial charge in [-0.1, -0.05) is 0 Å². The van der Waals surface area contributed by atoms with Crippen LogP contribution in [0.4, 0.5) is 0 Å². The van der Waals surface area contributed by atoms with E-state index in [1.807, 2.05) is 0 Å². The predicted octanol–water partition coefficient (Wildman–Crippen LogP) is 0.878. The van der Waals surface area contributed by atoms with Crippen LogP contribution in [0.3, 0.4) is 0 Å². The molecule has 2 N–H and O–H groups in total. The van der Waals surface area contributed by atoms with E-state index >= 15 is 0 Å². The Morgan fingerprint density at radius 2 is 1.80 bits per heavy atom. The Kier molecular flexibility index (Phi) is 6.46. The van der Waals surface area contributed by atoms with Gasteiger partial charge >= 0.3 is 5.97 Å². The number of aliphatic carboxylic acids is 1. The molecule has 0 spiro atoms. The Balaban J connectivity index is 2.00. The highest BCUT2D eigenvalue weighted by atomic mass is 16.5. The van der Waals surface area contributed by atoms with Crippen molar-refractivity contribution in [3.05, 3.63) is 17.7 Å². The molecule has 8 nitrogen and oxygen atoms in total. The second-order valence-corrected chi connectivity index (χ2v) is 5.76. The molecule has 1 saturated heterocycles. The summed E-state index contributed by atoms with van der Waals surface area (Å²) in [6.45, 7) is 0.921. The molecule has 1 amide bonds. The lowest BCUT2D eigenvalue weighted by Crippen LogP contribution is -2.42. The van der Waals surface area contributed by atoms with Gasteiger partial charge in [0.1, 0.15) is 11.8 Å². The maximum Gasteiger partial charge on any atom is 0.320 e. The van der Waals surface area contributed by atoms with Crippen LogP contribution in [0.25, 0.3) is 0 Å². The van der Waals surface area contributed by atoms with Gasteiger partial charge in [-0.25, -0.2) is 0 Å². The number of amides is 1. The maximum absolute atomic E-state index is 12.2. The fraction of sp³-hybridized carbons (Fsp3) is 0.529. The highest BCUT2D eigenvalue weighted by Crippen LogP contribution is 2.34. The third kappa shape index (κ3) is 4.54. The molecule has 25 heavy (non-hydrogen) atoms. The molecule has 1 aliphatic rings. The summed E-state index contributed by atoms with van der Waals surface area (Å²) >= 11 is 0. The fourth-order valence-electron chi connectivity index (χ4n) is 2.96.